The average Bonchev–Trinajstić information content (AvgIpc) is 3.07. The molecule has 0 saturated carbocycles. The summed E-state index contributed by atoms with van der Waals surface area (Å²) in [5, 5.41) is 14.4. The molecule has 0 radical (unpaired) electrons. The van der Waals surface area contributed by atoms with Crippen molar-refractivity contribution >= 4 is 21.6 Å². The highest BCUT2D eigenvalue weighted by molar-refractivity contribution is 9.10. The third-order valence-corrected chi connectivity index (χ3v) is 2.97. The molecule has 7 nitrogen and oxygen atoms in total. The molecule has 0 fully saturated rings. The molecule has 1 aromatic carbocycles. The number of benzene rings is 1. The van der Waals surface area contributed by atoms with Crippen LogP contribution in [0.5, 0.6) is 0 Å². The lowest BCUT2D eigenvalue weighted by molar-refractivity contribution is -0.384. The van der Waals surface area contributed by atoms with Gasteiger partial charge in [0.05, 0.1) is 4.92 Å². The minimum absolute atomic E-state index is 0.00320. The normalized spacial score (nSPS) is 10.7. The maximum absolute atomic E-state index is 10.6. The summed E-state index contributed by atoms with van der Waals surface area (Å²) in [6, 6.07) is 9.28. The second-order valence-corrected chi connectivity index (χ2v) is 4.61. The molecule has 0 aliphatic carbocycles. The van der Waals surface area contributed by atoms with Crippen LogP contribution in [0.1, 0.15) is 0 Å². The molecule has 0 aliphatic heterocycles. The molecule has 2 heterocycles. The molecule has 2 aromatic heterocycles. The number of nitro groups is 1. The summed E-state index contributed by atoms with van der Waals surface area (Å²) in [6.07, 6.45) is 0. The highest BCUT2D eigenvalue weighted by atomic mass is 79.9. The van der Waals surface area contributed by atoms with Gasteiger partial charge in [0.25, 0.3) is 11.6 Å². The minimum atomic E-state index is -0.469. The number of halogens is 1. The van der Waals surface area contributed by atoms with Crippen molar-refractivity contribution in [1.82, 2.24) is 10.1 Å². The van der Waals surface area contributed by atoms with E-state index in [2.05, 4.69) is 26.1 Å². The van der Waals surface area contributed by atoms with Crippen molar-refractivity contribution in [3.8, 4) is 23.0 Å². The van der Waals surface area contributed by atoms with Gasteiger partial charge < -0.3 is 8.94 Å². The van der Waals surface area contributed by atoms with Crippen molar-refractivity contribution < 1.29 is 13.9 Å². The van der Waals surface area contributed by atoms with E-state index < -0.39 is 4.92 Å². The average molecular weight is 336 g/mol. The van der Waals surface area contributed by atoms with Gasteiger partial charge in [-0.2, -0.15) is 4.98 Å². The summed E-state index contributed by atoms with van der Waals surface area (Å²) in [4.78, 5) is 14.3. The fourth-order valence-electron chi connectivity index (χ4n) is 1.60. The second-order valence-electron chi connectivity index (χ2n) is 3.83. The van der Waals surface area contributed by atoms with Gasteiger partial charge in [0, 0.05) is 17.7 Å². The van der Waals surface area contributed by atoms with Gasteiger partial charge in [0.1, 0.15) is 0 Å². The third kappa shape index (κ3) is 2.32. The first-order chi connectivity index (χ1) is 9.63. The van der Waals surface area contributed by atoms with E-state index in [0.717, 1.165) is 0 Å². The van der Waals surface area contributed by atoms with E-state index in [0.29, 0.717) is 21.8 Å². The monoisotopic (exact) mass is 335 g/mol. The molecule has 0 spiro atoms. The van der Waals surface area contributed by atoms with Crippen LogP contribution in [0.3, 0.4) is 0 Å². The Bertz CT molecular complexity index is 763. The van der Waals surface area contributed by atoms with Crippen molar-refractivity contribution in [3.63, 3.8) is 0 Å². The highest BCUT2D eigenvalue weighted by Crippen LogP contribution is 2.26. The molecule has 0 aliphatic rings. The molecule has 20 heavy (non-hydrogen) atoms. The molecule has 3 aromatic rings. The standard InChI is InChI=1S/C12H6BrN3O4/c13-10-6-5-9(19-10)11-14-12(20-15-11)7-1-3-8(4-2-7)16(17)18/h1-6H. The van der Waals surface area contributed by atoms with Crippen LogP contribution in [0.25, 0.3) is 23.0 Å². The second kappa shape index (κ2) is 4.89. The zero-order valence-corrected chi connectivity index (χ0v) is 11.4. The first-order valence-electron chi connectivity index (χ1n) is 5.48. The van der Waals surface area contributed by atoms with E-state index in [1.54, 1.807) is 24.3 Å². The Morgan fingerprint density at radius 1 is 1.15 bits per heavy atom. The molecule has 0 atom stereocenters. The Hall–Kier alpha value is -2.48. The molecule has 0 amide bonds. The highest BCUT2D eigenvalue weighted by Gasteiger charge is 2.14. The van der Waals surface area contributed by atoms with E-state index in [4.69, 9.17) is 8.94 Å². The number of nitro benzene ring substituents is 1. The van der Waals surface area contributed by atoms with Crippen LogP contribution in [-0.2, 0) is 0 Å². The number of furan rings is 1. The summed E-state index contributed by atoms with van der Waals surface area (Å²) >= 11 is 3.19. The van der Waals surface area contributed by atoms with Crippen LogP contribution in [0.4, 0.5) is 5.69 Å². The smallest absolute Gasteiger partial charge is 0.269 e. The van der Waals surface area contributed by atoms with E-state index in [9.17, 15) is 10.1 Å². The van der Waals surface area contributed by atoms with E-state index in [1.165, 1.54) is 12.1 Å². The predicted molar refractivity (Wildman–Crippen MR) is 71.8 cm³/mol. The SMILES string of the molecule is O=[N+]([O-])c1ccc(-c2nc(-c3ccc(Br)o3)no2)cc1. The van der Waals surface area contributed by atoms with E-state index in [-0.39, 0.29) is 11.6 Å². The Kier molecular flexibility index (Phi) is 3.07. The molecule has 0 saturated heterocycles. The summed E-state index contributed by atoms with van der Waals surface area (Å²) < 4.78 is 11.0. The number of nitrogens with zero attached hydrogens (tertiary/aromatic N) is 3. The predicted octanol–water partition coefficient (Wildman–Crippen LogP) is 3.67. The van der Waals surface area contributed by atoms with Gasteiger partial charge in [0.15, 0.2) is 10.4 Å². The van der Waals surface area contributed by atoms with Crippen LogP contribution in [-0.4, -0.2) is 15.1 Å². The summed E-state index contributed by atoms with van der Waals surface area (Å²) in [6.45, 7) is 0. The number of rotatable bonds is 3. The Balaban J connectivity index is 1.91. The van der Waals surface area contributed by atoms with Gasteiger partial charge in [-0.15, -0.1) is 0 Å². The Labute approximate surface area is 120 Å². The molecular weight excluding hydrogens is 330 g/mol. The van der Waals surface area contributed by atoms with Gasteiger partial charge in [0.2, 0.25) is 5.82 Å². The van der Waals surface area contributed by atoms with Gasteiger partial charge in [-0.05, 0) is 40.2 Å². The third-order valence-electron chi connectivity index (χ3n) is 2.54. The maximum Gasteiger partial charge on any atom is 0.269 e. The van der Waals surface area contributed by atoms with E-state index >= 15 is 0 Å². The number of hydrogen-bond acceptors (Lipinski definition) is 6. The van der Waals surface area contributed by atoms with Gasteiger partial charge in [-0.3, -0.25) is 10.1 Å². The fourth-order valence-corrected chi connectivity index (χ4v) is 1.91. The molecule has 0 unspecified atom stereocenters. The van der Waals surface area contributed by atoms with Crippen molar-refractivity contribution in [3.05, 3.63) is 51.2 Å². The van der Waals surface area contributed by atoms with Crippen molar-refractivity contribution in [2.75, 3.05) is 0 Å². The van der Waals surface area contributed by atoms with Crippen molar-refractivity contribution in [1.29, 1.82) is 0 Å². The lowest BCUT2D eigenvalue weighted by atomic mass is 10.2. The summed E-state index contributed by atoms with van der Waals surface area (Å²) in [5.74, 6) is 1.04. The largest absolute Gasteiger partial charge is 0.446 e. The zero-order valence-electron chi connectivity index (χ0n) is 9.82. The Morgan fingerprint density at radius 3 is 2.50 bits per heavy atom. The number of hydrogen-bond donors (Lipinski definition) is 0. The molecule has 0 N–H and O–H groups in total. The van der Waals surface area contributed by atoms with Gasteiger partial charge in [-0.25, -0.2) is 0 Å². The quantitative estimate of drug-likeness (QED) is 0.535. The van der Waals surface area contributed by atoms with Gasteiger partial charge >= 0.3 is 0 Å². The first kappa shape index (κ1) is 12.5. The lowest BCUT2D eigenvalue weighted by Crippen LogP contribution is -1.87. The molecule has 3 rings (SSSR count). The fraction of sp³-hybridized carbons (Fsp3) is 0. The van der Waals surface area contributed by atoms with Crippen molar-refractivity contribution in [2.45, 2.75) is 0 Å². The van der Waals surface area contributed by atoms with Crippen LogP contribution in [0.2, 0.25) is 0 Å². The number of aromatic nitrogens is 2. The van der Waals surface area contributed by atoms with E-state index in [1.807, 2.05) is 0 Å². The van der Waals surface area contributed by atoms with Crippen LogP contribution >= 0.6 is 15.9 Å². The number of non-ortho nitro benzene ring substituents is 1. The van der Waals surface area contributed by atoms with Crippen LogP contribution in [0, 0.1) is 10.1 Å². The molecule has 0 bridgehead atoms. The lowest BCUT2D eigenvalue weighted by Gasteiger charge is -1.93. The van der Waals surface area contributed by atoms with Crippen LogP contribution in [0.15, 0.2) is 50.0 Å². The molecule has 100 valence electrons. The Morgan fingerprint density at radius 2 is 1.90 bits per heavy atom. The summed E-state index contributed by atoms with van der Waals surface area (Å²) in [7, 11) is 0. The topological polar surface area (TPSA) is 95.2 Å². The van der Waals surface area contributed by atoms with Crippen molar-refractivity contribution in [2.24, 2.45) is 0 Å². The first-order valence-corrected chi connectivity index (χ1v) is 6.27. The minimum Gasteiger partial charge on any atom is -0.446 e. The van der Waals surface area contributed by atoms with Crippen LogP contribution < -0.4 is 0 Å². The molecule has 8 heteroatoms. The maximum atomic E-state index is 10.6. The van der Waals surface area contributed by atoms with Gasteiger partial charge in [-0.1, -0.05) is 5.16 Å². The summed E-state index contributed by atoms with van der Waals surface area (Å²) in [5.41, 5.74) is 0.600. The molecular formula is C12H6BrN3O4. The zero-order chi connectivity index (χ0) is 14.1.